The summed E-state index contributed by atoms with van der Waals surface area (Å²) < 4.78 is 22.9. The first-order chi connectivity index (χ1) is 9.05. The lowest BCUT2D eigenvalue weighted by Gasteiger charge is -2.30. The normalized spacial score (nSPS) is 22.6. The fourth-order valence-electron chi connectivity index (χ4n) is 2.96. The van der Waals surface area contributed by atoms with Crippen LogP contribution in [0.4, 0.5) is 5.69 Å². The molecular weight excluding hydrogens is 260 g/mol. The maximum atomic E-state index is 11.5. The second-order valence-electron chi connectivity index (χ2n) is 5.21. The van der Waals surface area contributed by atoms with Crippen LogP contribution in [-0.4, -0.2) is 21.0 Å². The molecule has 4 nitrogen and oxygen atoms in total. The van der Waals surface area contributed by atoms with Crippen LogP contribution < -0.4 is 10.0 Å². The summed E-state index contributed by atoms with van der Waals surface area (Å²) in [5, 5.41) is 5.21. The number of hydrogen-bond acceptors (Lipinski definition) is 3. The zero-order valence-electron chi connectivity index (χ0n) is 10.7. The lowest BCUT2D eigenvalue weighted by molar-refractivity contribution is 0.595. The van der Waals surface area contributed by atoms with Crippen molar-refractivity contribution in [3.05, 3.63) is 35.9 Å². The van der Waals surface area contributed by atoms with E-state index in [0.717, 1.165) is 31.5 Å². The standard InChI is InChI=1S/C14H18N2O2S/c15-19(17,18)13-7-6-11-8-9-16(14(11)10-13)12-4-2-1-3-5-12/h2,4,6-7,10,12H,1,3,5,8-9H2,(H2,15,17,18)/t12-/m0/s1. The van der Waals surface area contributed by atoms with Crippen molar-refractivity contribution in [1.29, 1.82) is 0 Å². The van der Waals surface area contributed by atoms with Gasteiger partial charge in [0.15, 0.2) is 0 Å². The van der Waals surface area contributed by atoms with Crippen LogP contribution in [0.2, 0.25) is 0 Å². The van der Waals surface area contributed by atoms with E-state index in [1.807, 2.05) is 6.07 Å². The maximum absolute atomic E-state index is 11.5. The molecule has 1 heterocycles. The van der Waals surface area contributed by atoms with Gasteiger partial charge >= 0.3 is 0 Å². The van der Waals surface area contributed by atoms with E-state index in [-0.39, 0.29) is 4.90 Å². The van der Waals surface area contributed by atoms with Crippen LogP contribution in [0.5, 0.6) is 0 Å². The third kappa shape index (κ3) is 2.40. The van der Waals surface area contributed by atoms with Crippen molar-refractivity contribution in [2.75, 3.05) is 11.4 Å². The van der Waals surface area contributed by atoms with Crippen molar-refractivity contribution >= 4 is 15.7 Å². The van der Waals surface area contributed by atoms with Gasteiger partial charge in [0, 0.05) is 18.3 Å². The predicted molar refractivity (Wildman–Crippen MR) is 75.6 cm³/mol. The Hall–Kier alpha value is -1.33. The Morgan fingerprint density at radius 2 is 2.16 bits per heavy atom. The molecule has 0 radical (unpaired) electrons. The number of benzene rings is 1. The highest BCUT2D eigenvalue weighted by molar-refractivity contribution is 7.89. The summed E-state index contributed by atoms with van der Waals surface area (Å²) in [5.74, 6) is 0. The van der Waals surface area contributed by atoms with Gasteiger partial charge in [-0.15, -0.1) is 0 Å². The van der Waals surface area contributed by atoms with E-state index in [0.29, 0.717) is 6.04 Å². The Morgan fingerprint density at radius 1 is 1.32 bits per heavy atom. The Balaban J connectivity index is 1.98. The van der Waals surface area contributed by atoms with Gasteiger partial charge in [0.1, 0.15) is 0 Å². The van der Waals surface area contributed by atoms with E-state index in [2.05, 4.69) is 17.1 Å². The van der Waals surface area contributed by atoms with Gasteiger partial charge in [0.25, 0.3) is 0 Å². The summed E-state index contributed by atoms with van der Waals surface area (Å²) >= 11 is 0. The number of sulfonamides is 1. The highest BCUT2D eigenvalue weighted by Gasteiger charge is 2.26. The molecule has 0 spiro atoms. The second-order valence-corrected chi connectivity index (χ2v) is 6.77. The summed E-state index contributed by atoms with van der Waals surface area (Å²) in [7, 11) is -3.62. The van der Waals surface area contributed by atoms with Crippen LogP contribution in [0.15, 0.2) is 35.2 Å². The van der Waals surface area contributed by atoms with Crippen molar-refractivity contribution in [3.63, 3.8) is 0 Å². The number of hydrogen-bond donors (Lipinski definition) is 1. The quantitative estimate of drug-likeness (QED) is 0.839. The lowest BCUT2D eigenvalue weighted by Crippen LogP contribution is -2.33. The van der Waals surface area contributed by atoms with E-state index in [4.69, 9.17) is 5.14 Å². The van der Waals surface area contributed by atoms with Crippen molar-refractivity contribution < 1.29 is 8.42 Å². The molecule has 0 bridgehead atoms. The number of nitrogens with zero attached hydrogens (tertiary/aromatic N) is 1. The molecule has 1 aromatic carbocycles. The van der Waals surface area contributed by atoms with Crippen LogP contribution >= 0.6 is 0 Å². The van der Waals surface area contributed by atoms with E-state index >= 15 is 0 Å². The van der Waals surface area contributed by atoms with Gasteiger partial charge in [0.2, 0.25) is 10.0 Å². The first-order valence-electron chi connectivity index (χ1n) is 6.65. The first kappa shape index (κ1) is 12.7. The number of fused-ring (bicyclic) bond motifs is 1. The van der Waals surface area contributed by atoms with Crippen molar-refractivity contribution in [3.8, 4) is 0 Å². The molecule has 3 rings (SSSR count). The highest BCUT2D eigenvalue weighted by atomic mass is 32.2. The zero-order valence-corrected chi connectivity index (χ0v) is 11.6. The molecule has 1 aliphatic heterocycles. The van der Waals surface area contributed by atoms with Crippen LogP contribution in [0.3, 0.4) is 0 Å². The third-order valence-electron chi connectivity index (χ3n) is 3.95. The molecule has 2 aliphatic rings. The van der Waals surface area contributed by atoms with Gasteiger partial charge in [0.05, 0.1) is 4.90 Å². The molecule has 0 unspecified atom stereocenters. The molecule has 0 saturated heterocycles. The maximum Gasteiger partial charge on any atom is 0.238 e. The van der Waals surface area contributed by atoms with Gasteiger partial charge < -0.3 is 4.90 Å². The summed E-state index contributed by atoms with van der Waals surface area (Å²) in [6.45, 7) is 0.957. The molecule has 1 atom stereocenters. The third-order valence-corrected chi connectivity index (χ3v) is 4.86. The lowest BCUT2D eigenvalue weighted by atomic mass is 10.0. The van der Waals surface area contributed by atoms with Gasteiger partial charge in [-0.05, 0) is 43.4 Å². The number of anilines is 1. The average molecular weight is 278 g/mol. The minimum atomic E-state index is -3.62. The minimum Gasteiger partial charge on any atom is -0.365 e. The van der Waals surface area contributed by atoms with Crippen LogP contribution in [0.1, 0.15) is 24.8 Å². The van der Waals surface area contributed by atoms with Gasteiger partial charge in [-0.1, -0.05) is 18.2 Å². The Labute approximate surface area is 114 Å². The Kier molecular flexibility index (Phi) is 3.11. The van der Waals surface area contributed by atoms with E-state index < -0.39 is 10.0 Å². The first-order valence-corrected chi connectivity index (χ1v) is 8.19. The fourth-order valence-corrected chi connectivity index (χ4v) is 3.49. The van der Waals surface area contributed by atoms with Gasteiger partial charge in [-0.25, -0.2) is 13.6 Å². The molecule has 102 valence electrons. The molecule has 0 saturated carbocycles. The summed E-state index contributed by atoms with van der Waals surface area (Å²) in [4.78, 5) is 2.51. The number of nitrogens with two attached hydrogens (primary N) is 1. The number of allylic oxidation sites excluding steroid dienone is 1. The molecule has 1 aliphatic carbocycles. The van der Waals surface area contributed by atoms with Gasteiger partial charge in [-0.2, -0.15) is 0 Å². The molecule has 1 aromatic rings. The Bertz CT molecular complexity index is 622. The molecule has 0 aromatic heterocycles. The molecule has 0 amide bonds. The minimum absolute atomic E-state index is 0.206. The van der Waals surface area contributed by atoms with Crippen LogP contribution in [-0.2, 0) is 16.4 Å². The zero-order chi connectivity index (χ0) is 13.5. The molecular formula is C14H18N2O2S. The number of rotatable bonds is 2. The van der Waals surface area contributed by atoms with Gasteiger partial charge in [-0.3, -0.25) is 0 Å². The largest absolute Gasteiger partial charge is 0.365 e. The summed E-state index contributed by atoms with van der Waals surface area (Å²) in [6.07, 6.45) is 8.91. The Morgan fingerprint density at radius 3 is 2.84 bits per heavy atom. The SMILES string of the molecule is NS(=O)(=O)c1ccc2c(c1)N([C@H]1C=CCCC1)CC2. The summed E-state index contributed by atoms with van der Waals surface area (Å²) in [6, 6.07) is 5.61. The predicted octanol–water partition coefficient (Wildman–Crippen LogP) is 1.81. The highest BCUT2D eigenvalue weighted by Crippen LogP contribution is 2.34. The van der Waals surface area contributed by atoms with E-state index in [9.17, 15) is 8.42 Å². The fraction of sp³-hybridized carbons (Fsp3) is 0.429. The summed E-state index contributed by atoms with van der Waals surface area (Å²) in [5.41, 5.74) is 2.24. The van der Waals surface area contributed by atoms with Crippen molar-refractivity contribution in [1.82, 2.24) is 0 Å². The van der Waals surface area contributed by atoms with Crippen LogP contribution in [0, 0.1) is 0 Å². The topological polar surface area (TPSA) is 63.4 Å². The van der Waals surface area contributed by atoms with Crippen molar-refractivity contribution in [2.45, 2.75) is 36.6 Å². The van der Waals surface area contributed by atoms with Crippen LogP contribution in [0.25, 0.3) is 0 Å². The second kappa shape index (κ2) is 4.65. The smallest absolute Gasteiger partial charge is 0.238 e. The number of primary sulfonamides is 1. The molecule has 19 heavy (non-hydrogen) atoms. The van der Waals surface area contributed by atoms with E-state index in [1.165, 1.54) is 12.0 Å². The molecule has 2 N–H and O–H groups in total. The van der Waals surface area contributed by atoms with E-state index in [1.54, 1.807) is 12.1 Å². The van der Waals surface area contributed by atoms with Crippen molar-refractivity contribution in [2.24, 2.45) is 5.14 Å². The molecule has 0 fully saturated rings. The molecule has 5 heteroatoms. The average Bonchev–Trinajstić information content (AvgIpc) is 2.81. The monoisotopic (exact) mass is 278 g/mol.